The number of hydrogen-bond donors (Lipinski definition) is 1. The summed E-state index contributed by atoms with van der Waals surface area (Å²) in [5.74, 6) is 0.181. The molecular weight excluding hydrogens is 286 g/mol. The number of nitrogens with zero attached hydrogens (tertiary/aromatic N) is 1. The molecule has 4 heteroatoms. The number of carbonyl (C=O) groups excluding carboxylic acids is 1. The van der Waals surface area contributed by atoms with Crippen molar-refractivity contribution in [1.82, 2.24) is 4.90 Å². The highest BCUT2D eigenvalue weighted by molar-refractivity contribution is 6.30. The number of halogens is 1. The molecule has 0 spiro atoms. The number of benzene rings is 2. The predicted molar refractivity (Wildman–Crippen MR) is 84.4 cm³/mol. The van der Waals surface area contributed by atoms with Gasteiger partial charge in [-0.2, -0.15) is 0 Å². The van der Waals surface area contributed by atoms with Crippen LogP contribution in [-0.2, 0) is 11.2 Å². The molecule has 0 radical (unpaired) electrons. The minimum absolute atomic E-state index is 0.0204. The van der Waals surface area contributed by atoms with E-state index in [0.717, 1.165) is 11.1 Å². The second kappa shape index (κ2) is 6.64. The van der Waals surface area contributed by atoms with Crippen LogP contribution in [0.1, 0.15) is 24.1 Å². The van der Waals surface area contributed by atoms with Gasteiger partial charge in [0.25, 0.3) is 0 Å². The molecule has 0 saturated carbocycles. The number of phenols is 1. The summed E-state index contributed by atoms with van der Waals surface area (Å²) in [4.78, 5) is 14.0. The molecule has 0 aliphatic heterocycles. The maximum atomic E-state index is 12.4. The van der Waals surface area contributed by atoms with E-state index in [0.29, 0.717) is 5.02 Å². The lowest BCUT2D eigenvalue weighted by atomic mass is 10.0. The van der Waals surface area contributed by atoms with Gasteiger partial charge in [0.15, 0.2) is 0 Å². The van der Waals surface area contributed by atoms with Crippen LogP contribution in [0.15, 0.2) is 48.5 Å². The van der Waals surface area contributed by atoms with Crippen molar-refractivity contribution in [3.8, 4) is 5.75 Å². The first-order valence-electron chi connectivity index (χ1n) is 6.77. The van der Waals surface area contributed by atoms with E-state index >= 15 is 0 Å². The van der Waals surface area contributed by atoms with Crippen molar-refractivity contribution in [1.29, 1.82) is 0 Å². The summed E-state index contributed by atoms with van der Waals surface area (Å²) in [5, 5.41) is 10.5. The molecule has 1 unspecified atom stereocenters. The van der Waals surface area contributed by atoms with Crippen LogP contribution in [0.3, 0.4) is 0 Å². The summed E-state index contributed by atoms with van der Waals surface area (Å²) in [6, 6.07) is 14.1. The van der Waals surface area contributed by atoms with Crippen LogP contribution in [0.5, 0.6) is 5.75 Å². The monoisotopic (exact) mass is 303 g/mol. The van der Waals surface area contributed by atoms with E-state index in [1.165, 1.54) is 0 Å². The van der Waals surface area contributed by atoms with Gasteiger partial charge in [0, 0.05) is 17.6 Å². The van der Waals surface area contributed by atoms with Crippen molar-refractivity contribution < 1.29 is 9.90 Å². The maximum Gasteiger partial charge on any atom is 0.227 e. The van der Waals surface area contributed by atoms with E-state index in [1.54, 1.807) is 36.2 Å². The molecule has 3 nitrogen and oxygen atoms in total. The van der Waals surface area contributed by atoms with E-state index in [9.17, 15) is 9.90 Å². The lowest BCUT2D eigenvalue weighted by molar-refractivity contribution is -0.131. The van der Waals surface area contributed by atoms with Crippen LogP contribution in [0.25, 0.3) is 0 Å². The van der Waals surface area contributed by atoms with Gasteiger partial charge in [-0.25, -0.2) is 0 Å². The quantitative estimate of drug-likeness (QED) is 0.933. The highest BCUT2D eigenvalue weighted by Crippen LogP contribution is 2.27. The van der Waals surface area contributed by atoms with Crippen LogP contribution < -0.4 is 0 Å². The fourth-order valence-corrected chi connectivity index (χ4v) is 2.42. The van der Waals surface area contributed by atoms with Crippen LogP contribution in [0.2, 0.25) is 5.02 Å². The van der Waals surface area contributed by atoms with Crippen LogP contribution in [0.4, 0.5) is 0 Å². The molecule has 0 saturated heterocycles. The van der Waals surface area contributed by atoms with E-state index < -0.39 is 0 Å². The van der Waals surface area contributed by atoms with Crippen molar-refractivity contribution in [2.24, 2.45) is 0 Å². The Labute approximate surface area is 129 Å². The largest absolute Gasteiger partial charge is 0.508 e. The lowest BCUT2D eigenvalue weighted by Crippen LogP contribution is -2.31. The Bertz CT molecular complexity index is 642. The Morgan fingerprint density at radius 2 is 1.95 bits per heavy atom. The Morgan fingerprint density at radius 1 is 1.24 bits per heavy atom. The van der Waals surface area contributed by atoms with Gasteiger partial charge in [-0.05, 0) is 30.7 Å². The van der Waals surface area contributed by atoms with Crippen LogP contribution in [0, 0.1) is 0 Å². The van der Waals surface area contributed by atoms with Gasteiger partial charge in [-0.3, -0.25) is 4.79 Å². The third kappa shape index (κ3) is 3.76. The maximum absolute atomic E-state index is 12.4. The molecule has 2 aromatic rings. The zero-order valence-corrected chi connectivity index (χ0v) is 12.8. The lowest BCUT2D eigenvalue weighted by Gasteiger charge is -2.26. The second-order valence-electron chi connectivity index (χ2n) is 5.05. The number of amides is 1. The molecule has 110 valence electrons. The third-order valence-corrected chi connectivity index (χ3v) is 3.84. The third-order valence-electron chi connectivity index (χ3n) is 3.61. The van der Waals surface area contributed by atoms with E-state index in [4.69, 9.17) is 11.6 Å². The van der Waals surface area contributed by atoms with Gasteiger partial charge in [0.05, 0.1) is 12.5 Å². The number of phenolic OH excluding ortho intramolecular Hbond substituents is 1. The molecule has 0 heterocycles. The fraction of sp³-hybridized carbons (Fsp3) is 0.235. The van der Waals surface area contributed by atoms with Crippen molar-refractivity contribution in [2.75, 3.05) is 7.05 Å². The number of hydrogen-bond acceptors (Lipinski definition) is 2. The summed E-state index contributed by atoms with van der Waals surface area (Å²) < 4.78 is 0. The SMILES string of the molecule is CC(c1ccccc1O)N(C)C(=O)Cc1cccc(Cl)c1. The van der Waals surface area contributed by atoms with Crippen molar-refractivity contribution in [3.05, 3.63) is 64.7 Å². The van der Waals surface area contributed by atoms with Crippen molar-refractivity contribution >= 4 is 17.5 Å². The summed E-state index contributed by atoms with van der Waals surface area (Å²) in [7, 11) is 1.74. The first-order valence-corrected chi connectivity index (χ1v) is 7.15. The predicted octanol–water partition coefficient (Wildman–Crippen LogP) is 3.81. The van der Waals surface area contributed by atoms with Gasteiger partial charge in [0.1, 0.15) is 5.75 Å². The Balaban J connectivity index is 2.10. The molecule has 0 aliphatic carbocycles. The highest BCUT2D eigenvalue weighted by Gasteiger charge is 2.19. The Hall–Kier alpha value is -2.00. The van der Waals surface area contributed by atoms with Gasteiger partial charge >= 0.3 is 0 Å². The first kappa shape index (κ1) is 15.4. The number of likely N-dealkylation sites (N-methyl/N-ethyl adjacent to an activating group) is 1. The summed E-state index contributed by atoms with van der Waals surface area (Å²) >= 11 is 5.93. The average Bonchev–Trinajstić information content (AvgIpc) is 2.46. The normalized spacial score (nSPS) is 12.0. The average molecular weight is 304 g/mol. The molecule has 1 N–H and O–H groups in total. The fourth-order valence-electron chi connectivity index (χ4n) is 2.21. The van der Waals surface area contributed by atoms with E-state index in [-0.39, 0.29) is 24.1 Å². The highest BCUT2D eigenvalue weighted by atomic mass is 35.5. The summed E-state index contributed by atoms with van der Waals surface area (Å²) in [6.07, 6.45) is 0.287. The van der Waals surface area contributed by atoms with Crippen LogP contribution >= 0.6 is 11.6 Å². The van der Waals surface area contributed by atoms with E-state index in [2.05, 4.69) is 0 Å². The molecule has 21 heavy (non-hydrogen) atoms. The van der Waals surface area contributed by atoms with Crippen molar-refractivity contribution in [2.45, 2.75) is 19.4 Å². The number of rotatable bonds is 4. The molecule has 0 bridgehead atoms. The molecule has 1 atom stereocenters. The summed E-state index contributed by atoms with van der Waals surface area (Å²) in [6.45, 7) is 1.89. The Morgan fingerprint density at radius 3 is 2.62 bits per heavy atom. The smallest absolute Gasteiger partial charge is 0.227 e. The summed E-state index contributed by atoms with van der Waals surface area (Å²) in [5.41, 5.74) is 1.61. The molecular formula is C17H18ClNO2. The molecule has 0 fully saturated rings. The first-order chi connectivity index (χ1) is 9.99. The van der Waals surface area contributed by atoms with Crippen LogP contribution in [-0.4, -0.2) is 23.0 Å². The molecule has 1 amide bonds. The van der Waals surface area contributed by atoms with Crippen molar-refractivity contribution in [3.63, 3.8) is 0 Å². The number of aromatic hydroxyl groups is 1. The number of carbonyl (C=O) groups is 1. The molecule has 0 aromatic heterocycles. The van der Waals surface area contributed by atoms with Gasteiger partial charge in [-0.15, -0.1) is 0 Å². The topological polar surface area (TPSA) is 40.5 Å². The molecule has 2 aromatic carbocycles. The number of para-hydroxylation sites is 1. The minimum atomic E-state index is -0.196. The van der Waals surface area contributed by atoms with Gasteiger partial charge < -0.3 is 10.0 Å². The molecule has 0 aliphatic rings. The standard InChI is InChI=1S/C17H18ClNO2/c1-12(15-8-3-4-9-16(15)20)19(2)17(21)11-13-6-5-7-14(18)10-13/h3-10,12,20H,11H2,1-2H3. The van der Waals surface area contributed by atoms with Gasteiger partial charge in [0.2, 0.25) is 5.91 Å². The zero-order valence-electron chi connectivity index (χ0n) is 12.1. The molecule has 2 rings (SSSR count). The van der Waals surface area contributed by atoms with E-state index in [1.807, 2.05) is 31.2 Å². The minimum Gasteiger partial charge on any atom is -0.508 e. The van der Waals surface area contributed by atoms with Gasteiger partial charge in [-0.1, -0.05) is 41.9 Å². The second-order valence-corrected chi connectivity index (χ2v) is 5.48. The Kier molecular flexibility index (Phi) is 4.86. The zero-order chi connectivity index (χ0) is 15.4.